The Morgan fingerprint density at radius 1 is 1.15 bits per heavy atom. The SMILES string of the molecule is COC(=O)c1ccc(Cn2cnc3c2c(=O)n(CCC(C)C)c(=O)n3-c2ccc(F)cc2)o1. The monoisotopic (exact) mass is 454 g/mol. The van der Waals surface area contributed by atoms with Gasteiger partial charge in [0.25, 0.3) is 5.56 Å². The number of nitrogens with zero attached hydrogens (tertiary/aromatic N) is 4. The molecule has 4 aromatic rings. The number of methoxy groups -OCH3 is 1. The van der Waals surface area contributed by atoms with Crippen LogP contribution in [0.4, 0.5) is 4.39 Å². The summed E-state index contributed by atoms with van der Waals surface area (Å²) in [5, 5.41) is 0. The zero-order chi connectivity index (χ0) is 23.7. The lowest BCUT2D eigenvalue weighted by Crippen LogP contribution is -2.40. The second-order valence-corrected chi connectivity index (χ2v) is 8.04. The van der Waals surface area contributed by atoms with E-state index in [2.05, 4.69) is 9.72 Å². The summed E-state index contributed by atoms with van der Waals surface area (Å²) in [5.74, 6) is -0.341. The van der Waals surface area contributed by atoms with Gasteiger partial charge in [-0.25, -0.2) is 23.5 Å². The summed E-state index contributed by atoms with van der Waals surface area (Å²) in [6, 6.07) is 8.49. The molecule has 0 radical (unpaired) electrons. The van der Waals surface area contributed by atoms with Crippen LogP contribution in [0.2, 0.25) is 0 Å². The maximum absolute atomic E-state index is 13.5. The van der Waals surface area contributed by atoms with Crippen molar-refractivity contribution >= 4 is 17.1 Å². The number of rotatable bonds is 7. The van der Waals surface area contributed by atoms with Gasteiger partial charge in [-0.05, 0) is 48.7 Å². The van der Waals surface area contributed by atoms with E-state index < -0.39 is 23.0 Å². The van der Waals surface area contributed by atoms with Gasteiger partial charge in [0.15, 0.2) is 11.2 Å². The van der Waals surface area contributed by atoms with E-state index >= 15 is 0 Å². The Hall–Kier alpha value is -3.95. The van der Waals surface area contributed by atoms with E-state index in [9.17, 15) is 18.8 Å². The Morgan fingerprint density at radius 3 is 2.55 bits per heavy atom. The molecule has 0 amide bonds. The van der Waals surface area contributed by atoms with Crippen LogP contribution in [0.5, 0.6) is 0 Å². The van der Waals surface area contributed by atoms with E-state index in [4.69, 9.17) is 4.42 Å². The van der Waals surface area contributed by atoms with Crippen LogP contribution in [0.1, 0.15) is 36.6 Å². The summed E-state index contributed by atoms with van der Waals surface area (Å²) in [4.78, 5) is 42.6. The molecule has 10 heteroatoms. The van der Waals surface area contributed by atoms with Crippen molar-refractivity contribution in [3.05, 3.63) is 80.9 Å². The lowest BCUT2D eigenvalue weighted by atomic mass is 10.1. The largest absolute Gasteiger partial charge is 0.463 e. The van der Waals surface area contributed by atoms with Gasteiger partial charge in [-0.1, -0.05) is 13.8 Å². The minimum Gasteiger partial charge on any atom is -0.463 e. The molecule has 0 N–H and O–H groups in total. The molecule has 0 aliphatic heterocycles. The van der Waals surface area contributed by atoms with Gasteiger partial charge in [-0.15, -0.1) is 0 Å². The van der Waals surface area contributed by atoms with Crippen LogP contribution < -0.4 is 11.2 Å². The topological polar surface area (TPSA) is 101 Å². The second-order valence-electron chi connectivity index (χ2n) is 8.04. The molecule has 0 aliphatic rings. The van der Waals surface area contributed by atoms with Gasteiger partial charge in [-0.3, -0.25) is 9.36 Å². The van der Waals surface area contributed by atoms with Crippen LogP contribution in [0.15, 0.2) is 56.7 Å². The van der Waals surface area contributed by atoms with E-state index in [-0.39, 0.29) is 35.9 Å². The predicted molar refractivity (Wildman–Crippen MR) is 118 cm³/mol. The van der Waals surface area contributed by atoms with Crippen molar-refractivity contribution in [3.8, 4) is 5.69 Å². The number of fused-ring (bicyclic) bond motifs is 1. The molecule has 3 aromatic heterocycles. The Labute approximate surface area is 187 Å². The van der Waals surface area contributed by atoms with Crippen molar-refractivity contribution in [3.63, 3.8) is 0 Å². The van der Waals surface area contributed by atoms with Crippen molar-refractivity contribution in [2.24, 2.45) is 5.92 Å². The summed E-state index contributed by atoms with van der Waals surface area (Å²) >= 11 is 0. The van der Waals surface area contributed by atoms with Crippen LogP contribution in [-0.2, 0) is 17.8 Å². The highest BCUT2D eigenvalue weighted by Crippen LogP contribution is 2.17. The Kier molecular flexibility index (Phi) is 5.99. The molecule has 172 valence electrons. The molecule has 0 unspecified atom stereocenters. The quantitative estimate of drug-likeness (QED) is 0.398. The molecule has 0 atom stereocenters. The number of furan rings is 1. The number of esters is 1. The third-order valence-corrected chi connectivity index (χ3v) is 5.29. The molecule has 0 saturated heterocycles. The van der Waals surface area contributed by atoms with E-state index in [0.717, 1.165) is 0 Å². The fraction of sp³-hybridized carbons (Fsp3) is 0.304. The standard InChI is InChI=1S/C23H23FN4O5/c1-14(2)10-11-27-21(29)19-20(28(23(27)31)16-6-4-15(24)5-7-16)25-13-26(19)12-17-8-9-18(33-17)22(30)32-3/h4-9,13-14H,10-12H2,1-3H3. The minimum absolute atomic E-state index is 0.0366. The number of carbonyl (C=O) groups excluding carboxylic acids is 1. The lowest BCUT2D eigenvalue weighted by Gasteiger charge is -2.13. The highest BCUT2D eigenvalue weighted by molar-refractivity contribution is 5.86. The van der Waals surface area contributed by atoms with E-state index in [1.807, 2.05) is 13.8 Å². The maximum Gasteiger partial charge on any atom is 0.373 e. The maximum atomic E-state index is 13.5. The fourth-order valence-electron chi connectivity index (χ4n) is 3.55. The first-order valence-electron chi connectivity index (χ1n) is 10.4. The number of halogens is 1. The third-order valence-electron chi connectivity index (χ3n) is 5.29. The molecule has 0 bridgehead atoms. The Bertz CT molecular complexity index is 1430. The average molecular weight is 454 g/mol. The first-order chi connectivity index (χ1) is 15.8. The molecule has 3 heterocycles. The molecular formula is C23H23FN4O5. The first-order valence-corrected chi connectivity index (χ1v) is 10.4. The van der Waals surface area contributed by atoms with Gasteiger partial charge < -0.3 is 13.7 Å². The molecule has 0 fully saturated rings. The number of benzene rings is 1. The third kappa shape index (κ3) is 4.23. The van der Waals surface area contributed by atoms with Crippen LogP contribution >= 0.6 is 0 Å². The van der Waals surface area contributed by atoms with Gasteiger partial charge in [0.05, 0.1) is 25.7 Å². The average Bonchev–Trinajstić information content (AvgIpc) is 3.42. The summed E-state index contributed by atoms with van der Waals surface area (Å²) in [5.41, 5.74) is -0.293. The molecule has 4 rings (SSSR count). The molecular weight excluding hydrogens is 431 g/mol. The molecule has 0 saturated carbocycles. The second kappa shape index (κ2) is 8.89. The number of hydrogen-bond acceptors (Lipinski definition) is 6. The zero-order valence-electron chi connectivity index (χ0n) is 18.4. The zero-order valence-corrected chi connectivity index (χ0v) is 18.4. The normalized spacial score (nSPS) is 11.4. The number of ether oxygens (including phenoxy) is 1. The Morgan fingerprint density at radius 2 is 1.88 bits per heavy atom. The van der Waals surface area contributed by atoms with E-state index in [0.29, 0.717) is 17.9 Å². The van der Waals surface area contributed by atoms with Crippen molar-refractivity contribution in [2.75, 3.05) is 7.11 Å². The van der Waals surface area contributed by atoms with E-state index in [1.165, 1.54) is 52.9 Å². The van der Waals surface area contributed by atoms with Crippen molar-refractivity contribution < 1.29 is 18.3 Å². The summed E-state index contributed by atoms with van der Waals surface area (Å²) < 4.78 is 27.7. The van der Waals surface area contributed by atoms with E-state index in [1.54, 1.807) is 10.6 Å². The van der Waals surface area contributed by atoms with Crippen LogP contribution in [0, 0.1) is 11.7 Å². The number of imidazole rings is 1. The van der Waals surface area contributed by atoms with Crippen LogP contribution in [-0.4, -0.2) is 31.8 Å². The summed E-state index contributed by atoms with van der Waals surface area (Å²) in [6.07, 6.45) is 2.05. The Balaban J connectivity index is 1.89. The number of carbonyl (C=O) groups is 1. The molecule has 9 nitrogen and oxygen atoms in total. The highest BCUT2D eigenvalue weighted by atomic mass is 19.1. The van der Waals surface area contributed by atoms with Crippen molar-refractivity contribution in [2.45, 2.75) is 33.4 Å². The van der Waals surface area contributed by atoms with Crippen molar-refractivity contribution in [1.29, 1.82) is 0 Å². The van der Waals surface area contributed by atoms with Gasteiger partial charge in [-0.2, -0.15) is 0 Å². The number of aromatic nitrogens is 4. The van der Waals surface area contributed by atoms with Crippen LogP contribution in [0.25, 0.3) is 16.9 Å². The molecule has 0 spiro atoms. The first kappa shape index (κ1) is 22.3. The smallest absolute Gasteiger partial charge is 0.373 e. The molecule has 33 heavy (non-hydrogen) atoms. The van der Waals surface area contributed by atoms with Gasteiger partial charge in [0.1, 0.15) is 11.6 Å². The summed E-state index contributed by atoms with van der Waals surface area (Å²) in [7, 11) is 1.25. The van der Waals surface area contributed by atoms with Crippen LogP contribution in [0.3, 0.4) is 0 Å². The molecule has 1 aromatic carbocycles. The highest BCUT2D eigenvalue weighted by Gasteiger charge is 2.20. The fourth-order valence-corrected chi connectivity index (χ4v) is 3.55. The van der Waals surface area contributed by atoms with Gasteiger partial charge in [0, 0.05) is 6.54 Å². The van der Waals surface area contributed by atoms with Gasteiger partial charge in [0.2, 0.25) is 5.76 Å². The number of hydrogen-bond donors (Lipinski definition) is 0. The van der Waals surface area contributed by atoms with Crippen molar-refractivity contribution in [1.82, 2.24) is 18.7 Å². The van der Waals surface area contributed by atoms with Gasteiger partial charge >= 0.3 is 11.7 Å². The molecule has 0 aliphatic carbocycles. The predicted octanol–water partition coefficient (Wildman–Crippen LogP) is 2.96. The lowest BCUT2D eigenvalue weighted by molar-refractivity contribution is 0.0563. The summed E-state index contributed by atoms with van der Waals surface area (Å²) in [6.45, 7) is 4.34. The minimum atomic E-state index is -0.613.